The van der Waals surface area contributed by atoms with Crippen molar-refractivity contribution in [3.8, 4) is 17.2 Å². The fourth-order valence-corrected chi connectivity index (χ4v) is 3.20. The first-order valence-corrected chi connectivity index (χ1v) is 8.30. The number of pyridine rings is 1. The van der Waals surface area contributed by atoms with Crippen LogP contribution in [0.4, 0.5) is 0 Å². The number of H-pyrrole nitrogens is 1. The summed E-state index contributed by atoms with van der Waals surface area (Å²) in [6.07, 6.45) is 1.64. The van der Waals surface area contributed by atoms with Gasteiger partial charge in [0.05, 0.1) is 30.0 Å². The second-order valence-electron chi connectivity index (χ2n) is 5.85. The Bertz CT molecular complexity index is 1170. The molecule has 1 N–H and O–H groups in total. The molecule has 0 unspecified atom stereocenters. The minimum atomic E-state index is -0.459. The maximum atomic E-state index is 12.5. The van der Waals surface area contributed by atoms with Crippen LogP contribution in [0.1, 0.15) is 23.0 Å². The van der Waals surface area contributed by atoms with Crippen LogP contribution in [0, 0.1) is 11.3 Å². The number of fused-ring (bicyclic) bond motifs is 3. The Morgan fingerprint density at radius 3 is 2.73 bits per heavy atom. The molecule has 0 fully saturated rings. The lowest BCUT2D eigenvalue weighted by molar-refractivity contribution is 0.0520. The van der Waals surface area contributed by atoms with Crippen LogP contribution in [-0.2, 0) is 4.74 Å². The molecular weight excluding hydrogens is 326 g/mol. The van der Waals surface area contributed by atoms with Gasteiger partial charge in [-0.05, 0) is 30.7 Å². The van der Waals surface area contributed by atoms with E-state index in [-0.39, 0.29) is 12.3 Å². The zero-order chi connectivity index (χ0) is 18.1. The van der Waals surface area contributed by atoms with Gasteiger partial charge in [-0.3, -0.25) is 0 Å². The molecule has 2 aromatic carbocycles. The van der Waals surface area contributed by atoms with Gasteiger partial charge in [-0.15, -0.1) is 0 Å². The summed E-state index contributed by atoms with van der Waals surface area (Å²) in [6.45, 7) is 2.04. The number of nitrogens with one attached hydrogen (secondary N) is 1. The average molecular weight is 341 g/mol. The van der Waals surface area contributed by atoms with Crippen molar-refractivity contribution in [3.05, 3.63) is 66.0 Å². The summed E-state index contributed by atoms with van der Waals surface area (Å²) in [7, 11) is 0. The number of hydrogen-bond donors (Lipinski definition) is 1. The minimum absolute atomic E-state index is 0.272. The molecule has 5 heteroatoms. The first-order valence-electron chi connectivity index (χ1n) is 8.30. The first kappa shape index (κ1) is 15.9. The van der Waals surface area contributed by atoms with Crippen LogP contribution in [0.5, 0.6) is 0 Å². The summed E-state index contributed by atoms with van der Waals surface area (Å²) < 4.78 is 5.21. The van der Waals surface area contributed by atoms with Crippen molar-refractivity contribution < 1.29 is 9.53 Å². The molecule has 0 spiro atoms. The third-order valence-electron chi connectivity index (χ3n) is 4.30. The van der Waals surface area contributed by atoms with E-state index in [9.17, 15) is 10.1 Å². The Balaban J connectivity index is 2.14. The number of carbonyl (C=O) groups excluding carboxylic acids is 1. The molecule has 0 saturated carbocycles. The standard InChI is InChI=1S/C21H15N3O2/c1-2-26-21(25)20-18(14-6-4-3-5-7-14)19-15-10-13(11-22)8-9-16(15)24-17(19)12-23-20/h3-10,12,24H,2H2,1H3. The van der Waals surface area contributed by atoms with Crippen LogP contribution in [0.3, 0.4) is 0 Å². The zero-order valence-electron chi connectivity index (χ0n) is 14.1. The highest BCUT2D eigenvalue weighted by Crippen LogP contribution is 2.36. The SMILES string of the molecule is CCOC(=O)c1ncc2[nH]c3ccc(C#N)cc3c2c1-c1ccccc1. The van der Waals surface area contributed by atoms with Crippen molar-refractivity contribution in [3.63, 3.8) is 0 Å². The Morgan fingerprint density at radius 2 is 2.00 bits per heavy atom. The van der Waals surface area contributed by atoms with Crippen molar-refractivity contribution in [1.82, 2.24) is 9.97 Å². The second kappa shape index (κ2) is 6.34. The third kappa shape index (κ3) is 2.49. The maximum Gasteiger partial charge on any atom is 0.357 e. The van der Waals surface area contributed by atoms with E-state index in [4.69, 9.17) is 4.74 Å². The normalized spacial score (nSPS) is 10.8. The van der Waals surface area contributed by atoms with Crippen molar-refractivity contribution in [2.24, 2.45) is 0 Å². The number of ether oxygens (including phenoxy) is 1. The number of aromatic nitrogens is 2. The summed E-state index contributed by atoms with van der Waals surface area (Å²) in [4.78, 5) is 20.2. The van der Waals surface area contributed by atoms with Gasteiger partial charge in [-0.1, -0.05) is 30.3 Å². The molecule has 0 amide bonds. The van der Waals surface area contributed by atoms with Gasteiger partial charge in [0.1, 0.15) is 0 Å². The Hall–Kier alpha value is -3.65. The molecule has 0 aliphatic rings. The molecule has 0 aliphatic heterocycles. The maximum absolute atomic E-state index is 12.5. The number of aromatic amines is 1. The summed E-state index contributed by atoms with van der Waals surface area (Å²) in [5.74, 6) is -0.459. The molecule has 0 radical (unpaired) electrons. The largest absolute Gasteiger partial charge is 0.461 e. The fraction of sp³-hybridized carbons (Fsp3) is 0.0952. The predicted octanol–water partition coefficient (Wildman–Crippen LogP) is 4.43. The number of carbonyl (C=O) groups is 1. The zero-order valence-corrected chi connectivity index (χ0v) is 14.1. The van der Waals surface area contributed by atoms with Crippen LogP contribution in [0.25, 0.3) is 32.9 Å². The fourth-order valence-electron chi connectivity index (χ4n) is 3.20. The molecule has 0 atom stereocenters. The summed E-state index contributed by atoms with van der Waals surface area (Å²) in [5, 5.41) is 11.0. The molecule has 5 nitrogen and oxygen atoms in total. The molecule has 4 aromatic rings. The van der Waals surface area contributed by atoms with Gasteiger partial charge in [0.25, 0.3) is 0 Å². The predicted molar refractivity (Wildman–Crippen MR) is 99.7 cm³/mol. The molecule has 2 heterocycles. The van der Waals surface area contributed by atoms with Crippen LogP contribution in [0.2, 0.25) is 0 Å². The van der Waals surface area contributed by atoms with Gasteiger partial charge in [-0.25, -0.2) is 9.78 Å². The molecule has 4 rings (SSSR count). The lowest BCUT2D eigenvalue weighted by Gasteiger charge is -2.10. The highest BCUT2D eigenvalue weighted by molar-refractivity contribution is 6.17. The van der Waals surface area contributed by atoms with E-state index >= 15 is 0 Å². The number of nitriles is 1. The molecule has 26 heavy (non-hydrogen) atoms. The monoisotopic (exact) mass is 341 g/mol. The van der Waals surface area contributed by atoms with E-state index in [0.717, 1.165) is 27.4 Å². The van der Waals surface area contributed by atoms with E-state index in [0.29, 0.717) is 11.1 Å². The molecule has 0 aliphatic carbocycles. The molecule has 0 bridgehead atoms. The summed E-state index contributed by atoms with van der Waals surface area (Å²) in [5.41, 5.74) is 4.11. The molecule has 126 valence electrons. The van der Waals surface area contributed by atoms with Crippen molar-refractivity contribution in [2.45, 2.75) is 6.92 Å². The summed E-state index contributed by atoms with van der Waals surface area (Å²) >= 11 is 0. The highest BCUT2D eigenvalue weighted by Gasteiger charge is 2.21. The van der Waals surface area contributed by atoms with Gasteiger partial charge in [0.2, 0.25) is 0 Å². The van der Waals surface area contributed by atoms with Gasteiger partial charge >= 0.3 is 5.97 Å². The molecule has 2 aromatic heterocycles. The van der Waals surface area contributed by atoms with Crippen molar-refractivity contribution in [1.29, 1.82) is 5.26 Å². The second-order valence-corrected chi connectivity index (χ2v) is 5.85. The number of rotatable bonds is 3. The Morgan fingerprint density at radius 1 is 1.19 bits per heavy atom. The van der Waals surface area contributed by atoms with Crippen LogP contribution >= 0.6 is 0 Å². The highest BCUT2D eigenvalue weighted by atomic mass is 16.5. The van der Waals surface area contributed by atoms with Crippen molar-refractivity contribution in [2.75, 3.05) is 6.61 Å². The number of benzene rings is 2. The topological polar surface area (TPSA) is 78.8 Å². The van der Waals surface area contributed by atoms with E-state index in [1.54, 1.807) is 19.2 Å². The quantitative estimate of drug-likeness (QED) is 0.559. The van der Waals surface area contributed by atoms with Gasteiger partial charge < -0.3 is 9.72 Å². The summed E-state index contributed by atoms with van der Waals surface area (Å²) in [6, 6.07) is 17.3. The lowest BCUT2D eigenvalue weighted by atomic mass is 9.97. The van der Waals surface area contributed by atoms with E-state index in [2.05, 4.69) is 16.0 Å². The van der Waals surface area contributed by atoms with E-state index < -0.39 is 5.97 Å². The average Bonchev–Trinajstić information content (AvgIpc) is 3.05. The first-order chi connectivity index (χ1) is 12.7. The molecular formula is C21H15N3O2. The van der Waals surface area contributed by atoms with Crippen molar-refractivity contribution >= 4 is 27.8 Å². The number of hydrogen-bond acceptors (Lipinski definition) is 4. The van der Waals surface area contributed by atoms with Gasteiger partial charge in [0, 0.05) is 21.9 Å². The minimum Gasteiger partial charge on any atom is -0.461 e. The van der Waals surface area contributed by atoms with Crippen LogP contribution in [-0.4, -0.2) is 22.5 Å². The third-order valence-corrected chi connectivity index (χ3v) is 4.30. The Labute approximate surface area is 149 Å². The van der Waals surface area contributed by atoms with Gasteiger partial charge in [-0.2, -0.15) is 5.26 Å². The van der Waals surface area contributed by atoms with Crippen LogP contribution in [0.15, 0.2) is 54.7 Å². The smallest absolute Gasteiger partial charge is 0.357 e. The lowest BCUT2D eigenvalue weighted by Crippen LogP contribution is -2.09. The van der Waals surface area contributed by atoms with E-state index in [1.807, 2.05) is 42.5 Å². The van der Waals surface area contributed by atoms with Gasteiger partial charge in [0.15, 0.2) is 5.69 Å². The Kier molecular flexibility index (Phi) is 3.86. The molecule has 0 saturated heterocycles. The number of esters is 1. The van der Waals surface area contributed by atoms with E-state index in [1.165, 1.54) is 0 Å². The van der Waals surface area contributed by atoms with Crippen LogP contribution < -0.4 is 0 Å². The number of nitrogens with zero attached hydrogens (tertiary/aromatic N) is 2.